The van der Waals surface area contributed by atoms with E-state index in [0.29, 0.717) is 5.56 Å². The number of carboxylic acid groups (broad SMARTS) is 1. The topological polar surface area (TPSA) is 91.3 Å². The van der Waals surface area contributed by atoms with Crippen LogP contribution in [0.15, 0.2) is 18.2 Å². The number of carbonyl (C=O) groups excluding carboxylic acids is 1. The van der Waals surface area contributed by atoms with Gasteiger partial charge in [0.1, 0.15) is 0 Å². The van der Waals surface area contributed by atoms with Crippen LogP contribution in [0, 0.1) is 0 Å². The van der Waals surface area contributed by atoms with Crippen LogP contribution in [0.25, 0.3) is 0 Å². The summed E-state index contributed by atoms with van der Waals surface area (Å²) in [6.07, 6.45) is -0.425. The van der Waals surface area contributed by atoms with Crippen LogP contribution in [0.4, 0.5) is 0 Å². The zero-order chi connectivity index (χ0) is 15.8. The zero-order valence-corrected chi connectivity index (χ0v) is 12.1. The maximum atomic E-state index is 11.8. The quantitative estimate of drug-likeness (QED) is 0.443. The van der Waals surface area contributed by atoms with Crippen molar-refractivity contribution < 1.29 is 33.9 Å². The fourth-order valence-corrected chi connectivity index (χ4v) is 1.79. The molecule has 0 heterocycles. The van der Waals surface area contributed by atoms with Crippen LogP contribution in [0.2, 0.25) is 0 Å². The lowest BCUT2D eigenvalue weighted by molar-refractivity contribution is -0.236. The highest BCUT2D eigenvalue weighted by Gasteiger charge is 2.23. The van der Waals surface area contributed by atoms with Gasteiger partial charge in [0.15, 0.2) is 6.29 Å². The van der Waals surface area contributed by atoms with Gasteiger partial charge in [0.25, 0.3) is 0 Å². The monoisotopic (exact) mass is 298 g/mol. The minimum absolute atomic E-state index is 0.0839. The summed E-state index contributed by atoms with van der Waals surface area (Å²) < 4.78 is 10.1. The number of methoxy groups -OCH3 is 2. The SMILES string of the molecule is CCOOC(=O)c1cccc(CC(OC)OC)c1C(=O)O. The van der Waals surface area contributed by atoms with E-state index in [2.05, 4.69) is 9.78 Å². The molecule has 0 unspecified atom stereocenters. The second-order valence-electron chi connectivity index (χ2n) is 4.03. The van der Waals surface area contributed by atoms with Crippen molar-refractivity contribution in [3.8, 4) is 0 Å². The lowest BCUT2D eigenvalue weighted by Gasteiger charge is -2.16. The summed E-state index contributed by atoms with van der Waals surface area (Å²) in [5.74, 6) is -2.09. The summed E-state index contributed by atoms with van der Waals surface area (Å²) in [6, 6.07) is 4.52. The molecule has 0 amide bonds. The fraction of sp³-hybridized carbons (Fsp3) is 0.429. The Morgan fingerprint density at radius 2 is 1.90 bits per heavy atom. The summed E-state index contributed by atoms with van der Waals surface area (Å²) in [5, 5.41) is 9.35. The molecule has 0 spiro atoms. The van der Waals surface area contributed by atoms with Crippen molar-refractivity contribution in [3.63, 3.8) is 0 Å². The van der Waals surface area contributed by atoms with Crippen LogP contribution < -0.4 is 0 Å². The molecule has 1 rings (SSSR count). The van der Waals surface area contributed by atoms with Gasteiger partial charge < -0.3 is 14.6 Å². The zero-order valence-electron chi connectivity index (χ0n) is 12.1. The van der Waals surface area contributed by atoms with E-state index in [0.717, 1.165) is 0 Å². The van der Waals surface area contributed by atoms with Gasteiger partial charge in [-0.15, -0.1) is 0 Å². The lowest BCUT2D eigenvalue weighted by Crippen LogP contribution is -2.20. The van der Waals surface area contributed by atoms with Gasteiger partial charge in [0.05, 0.1) is 17.7 Å². The van der Waals surface area contributed by atoms with Gasteiger partial charge in [-0.25, -0.2) is 9.59 Å². The van der Waals surface area contributed by atoms with Crippen molar-refractivity contribution in [1.82, 2.24) is 0 Å². The van der Waals surface area contributed by atoms with Crippen molar-refractivity contribution in [2.75, 3.05) is 20.8 Å². The highest BCUT2D eigenvalue weighted by Crippen LogP contribution is 2.19. The van der Waals surface area contributed by atoms with E-state index in [9.17, 15) is 14.7 Å². The predicted molar refractivity (Wildman–Crippen MR) is 72.0 cm³/mol. The smallest absolute Gasteiger partial charge is 0.373 e. The molecule has 0 fully saturated rings. The van der Waals surface area contributed by atoms with Crippen molar-refractivity contribution in [2.24, 2.45) is 0 Å². The molecule has 7 nitrogen and oxygen atoms in total. The van der Waals surface area contributed by atoms with Gasteiger partial charge in [-0.3, -0.25) is 4.89 Å². The van der Waals surface area contributed by atoms with Crippen molar-refractivity contribution in [1.29, 1.82) is 0 Å². The van der Waals surface area contributed by atoms with Crippen LogP contribution in [-0.4, -0.2) is 44.2 Å². The largest absolute Gasteiger partial charge is 0.478 e. The molecule has 116 valence electrons. The molecule has 0 atom stereocenters. The number of carbonyl (C=O) groups is 2. The average molecular weight is 298 g/mol. The lowest BCUT2D eigenvalue weighted by atomic mass is 9.98. The number of rotatable bonds is 8. The summed E-state index contributed by atoms with van der Waals surface area (Å²) in [6.45, 7) is 1.81. The number of hydrogen-bond donors (Lipinski definition) is 1. The van der Waals surface area contributed by atoms with Gasteiger partial charge in [-0.2, -0.15) is 4.89 Å². The van der Waals surface area contributed by atoms with Crippen LogP contribution in [-0.2, 0) is 25.7 Å². The molecule has 0 aliphatic heterocycles. The second-order valence-corrected chi connectivity index (χ2v) is 4.03. The Bertz CT molecular complexity index is 494. The molecule has 0 saturated carbocycles. The highest BCUT2D eigenvalue weighted by atomic mass is 17.2. The average Bonchev–Trinajstić information content (AvgIpc) is 2.49. The predicted octanol–water partition coefficient (Wildman–Crippen LogP) is 1.65. The Balaban J connectivity index is 3.15. The molecule has 0 bridgehead atoms. The highest BCUT2D eigenvalue weighted by molar-refractivity contribution is 6.03. The maximum Gasteiger partial charge on any atom is 0.373 e. The number of benzene rings is 1. The summed E-state index contributed by atoms with van der Waals surface area (Å²) in [7, 11) is 2.89. The first-order chi connectivity index (χ1) is 10.0. The van der Waals surface area contributed by atoms with Crippen molar-refractivity contribution >= 4 is 11.9 Å². The van der Waals surface area contributed by atoms with Gasteiger partial charge >= 0.3 is 11.9 Å². The molecule has 21 heavy (non-hydrogen) atoms. The van der Waals surface area contributed by atoms with E-state index < -0.39 is 18.2 Å². The van der Waals surface area contributed by atoms with Crippen LogP contribution in [0.1, 0.15) is 33.2 Å². The number of aromatic carboxylic acids is 1. The second kappa shape index (κ2) is 8.35. The van der Waals surface area contributed by atoms with E-state index in [1.54, 1.807) is 19.1 Å². The summed E-state index contributed by atoms with van der Waals surface area (Å²) >= 11 is 0. The third-order valence-electron chi connectivity index (χ3n) is 2.75. The van der Waals surface area contributed by atoms with E-state index in [1.165, 1.54) is 20.3 Å². The number of ether oxygens (including phenoxy) is 2. The maximum absolute atomic E-state index is 11.8. The molecule has 0 aliphatic carbocycles. The Morgan fingerprint density at radius 1 is 1.24 bits per heavy atom. The van der Waals surface area contributed by atoms with Gasteiger partial charge in [-0.05, 0) is 18.6 Å². The Morgan fingerprint density at radius 3 is 2.43 bits per heavy atom. The number of hydrogen-bond acceptors (Lipinski definition) is 6. The van der Waals surface area contributed by atoms with Crippen molar-refractivity contribution in [3.05, 3.63) is 34.9 Å². The molecule has 0 aliphatic rings. The Kier molecular flexibility index (Phi) is 6.80. The first-order valence-corrected chi connectivity index (χ1v) is 6.29. The Labute approximate surface area is 122 Å². The summed E-state index contributed by atoms with van der Waals surface area (Å²) in [5.41, 5.74) is 0.169. The van der Waals surface area contributed by atoms with Crippen LogP contribution >= 0.6 is 0 Å². The molecule has 7 heteroatoms. The third-order valence-corrected chi connectivity index (χ3v) is 2.75. The van der Waals surface area contributed by atoms with Crippen LogP contribution in [0.5, 0.6) is 0 Å². The molecule has 1 aromatic rings. The van der Waals surface area contributed by atoms with Gasteiger partial charge in [0, 0.05) is 20.6 Å². The molecular weight excluding hydrogens is 280 g/mol. The molecule has 1 aromatic carbocycles. The molecule has 1 N–H and O–H groups in total. The molecule has 0 radical (unpaired) electrons. The minimum Gasteiger partial charge on any atom is -0.478 e. The first-order valence-electron chi connectivity index (χ1n) is 6.29. The molecule has 0 aromatic heterocycles. The number of carboxylic acids is 1. The van der Waals surface area contributed by atoms with E-state index in [4.69, 9.17) is 9.47 Å². The fourth-order valence-electron chi connectivity index (χ4n) is 1.79. The standard InChI is InChI=1S/C14H18O7/c1-4-20-21-14(17)10-7-5-6-9(12(10)13(15)16)8-11(18-2)19-3/h5-7,11H,4,8H2,1-3H3,(H,15,16). The normalized spacial score (nSPS) is 10.7. The molecule has 0 saturated heterocycles. The van der Waals surface area contributed by atoms with E-state index in [-0.39, 0.29) is 24.2 Å². The van der Waals surface area contributed by atoms with Gasteiger partial charge in [0.2, 0.25) is 0 Å². The third kappa shape index (κ3) is 4.52. The first kappa shape index (κ1) is 17.1. The molecular formula is C14H18O7. The Hall–Kier alpha value is -1.96. The summed E-state index contributed by atoms with van der Waals surface area (Å²) in [4.78, 5) is 32.4. The van der Waals surface area contributed by atoms with Crippen molar-refractivity contribution in [2.45, 2.75) is 19.6 Å². The van der Waals surface area contributed by atoms with Gasteiger partial charge in [-0.1, -0.05) is 12.1 Å². The van der Waals surface area contributed by atoms with E-state index in [1.807, 2.05) is 0 Å². The minimum atomic E-state index is -1.24. The van der Waals surface area contributed by atoms with Crippen LogP contribution in [0.3, 0.4) is 0 Å². The van der Waals surface area contributed by atoms with E-state index >= 15 is 0 Å².